The van der Waals surface area contributed by atoms with Gasteiger partial charge in [0.2, 0.25) is 0 Å². The third kappa shape index (κ3) is 2.35. The zero-order valence-electron chi connectivity index (χ0n) is 10.3. The molecule has 1 aromatic carbocycles. The van der Waals surface area contributed by atoms with Gasteiger partial charge in [-0.25, -0.2) is 0 Å². The minimum atomic E-state index is 1.14. The second kappa shape index (κ2) is 4.56. The lowest BCUT2D eigenvalue weighted by Gasteiger charge is -2.24. The van der Waals surface area contributed by atoms with E-state index in [9.17, 15) is 0 Å². The summed E-state index contributed by atoms with van der Waals surface area (Å²) in [5.41, 5.74) is 5.34. The Bertz CT molecular complexity index is 420. The van der Waals surface area contributed by atoms with Gasteiger partial charge in [-0.3, -0.25) is 0 Å². The minimum absolute atomic E-state index is 1.14. The molecular weight excluding hydrogens is 194 g/mol. The number of allylic oxidation sites excluding steroid dienone is 4. The largest absolute Gasteiger partial charge is 0.348 e. The fraction of sp³-hybridized carbons (Fsp3) is 0.333. The van der Waals surface area contributed by atoms with Crippen LogP contribution < -0.4 is 4.90 Å². The van der Waals surface area contributed by atoms with Crippen molar-refractivity contribution < 1.29 is 0 Å². The van der Waals surface area contributed by atoms with Crippen molar-refractivity contribution >= 4 is 5.69 Å². The predicted octanol–water partition coefficient (Wildman–Crippen LogP) is 3.97. The summed E-state index contributed by atoms with van der Waals surface area (Å²) in [5.74, 6) is 0. The van der Waals surface area contributed by atoms with Gasteiger partial charge in [0, 0.05) is 18.4 Å². The summed E-state index contributed by atoms with van der Waals surface area (Å²) in [7, 11) is 2.15. The van der Waals surface area contributed by atoms with Crippen LogP contribution in [0, 0.1) is 13.8 Å². The maximum absolute atomic E-state index is 2.30. The van der Waals surface area contributed by atoms with Crippen LogP contribution >= 0.6 is 0 Å². The lowest BCUT2D eigenvalue weighted by molar-refractivity contribution is 0.895. The van der Waals surface area contributed by atoms with E-state index >= 15 is 0 Å². The zero-order chi connectivity index (χ0) is 11.5. The molecule has 0 heterocycles. The summed E-state index contributed by atoms with van der Waals surface area (Å²) in [6, 6.07) is 6.70. The normalized spacial score (nSPS) is 14.8. The monoisotopic (exact) mass is 213 g/mol. The first-order valence-corrected chi connectivity index (χ1v) is 5.84. The highest BCUT2D eigenvalue weighted by atomic mass is 15.1. The van der Waals surface area contributed by atoms with E-state index in [1.165, 1.54) is 22.5 Å². The Balaban J connectivity index is 2.29. The van der Waals surface area contributed by atoms with E-state index < -0.39 is 0 Å². The molecule has 0 saturated heterocycles. The Hall–Kier alpha value is -1.50. The van der Waals surface area contributed by atoms with Crippen molar-refractivity contribution in [2.45, 2.75) is 26.7 Å². The molecule has 16 heavy (non-hydrogen) atoms. The van der Waals surface area contributed by atoms with Crippen molar-refractivity contribution in [1.82, 2.24) is 0 Å². The third-order valence-electron chi connectivity index (χ3n) is 3.02. The SMILES string of the molecule is Cc1cc(C)cc(N(C)C2=CC=CCC2)c1. The molecule has 84 valence electrons. The molecule has 0 aliphatic heterocycles. The molecule has 2 rings (SSSR count). The van der Waals surface area contributed by atoms with Gasteiger partial charge in [-0.05, 0) is 56.0 Å². The van der Waals surface area contributed by atoms with Crippen LogP contribution in [0.1, 0.15) is 24.0 Å². The molecule has 0 radical (unpaired) electrons. The van der Waals surface area contributed by atoms with Crippen LogP contribution in [0.25, 0.3) is 0 Å². The van der Waals surface area contributed by atoms with Gasteiger partial charge in [0.25, 0.3) is 0 Å². The number of hydrogen-bond donors (Lipinski definition) is 0. The molecule has 0 fully saturated rings. The average Bonchev–Trinajstić information content (AvgIpc) is 2.28. The maximum atomic E-state index is 2.30. The Labute approximate surface area is 98.1 Å². The highest BCUT2D eigenvalue weighted by Gasteiger charge is 2.08. The molecule has 0 spiro atoms. The molecule has 0 amide bonds. The predicted molar refractivity (Wildman–Crippen MR) is 70.8 cm³/mol. The number of benzene rings is 1. The molecule has 0 N–H and O–H groups in total. The molecular formula is C15H19N. The third-order valence-corrected chi connectivity index (χ3v) is 3.02. The standard InChI is InChI=1S/C15H19N/c1-12-9-13(2)11-15(10-12)16(3)14-7-5-4-6-8-14/h4-5,7,9-11H,6,8H2,1-3H3. The molecule has 0 aromatic heterocycles. The van der Waals surface area contributed by atoms with E-state index in [1.54, 1.807) is 0 Å². The van der Waals surface area contributed by atoms with Gasteiger partial charge in [0.05, 0.1) is 0 Å². The van der Waals surface area contributed by atoms with Gasteiger partial charge in [-0.15, -0.1) is 0 Å². The molecule has 0 saturated carbocycles. The topological polar surface area (TPSA) is 3.24 Å². The Morgan fingerprint density at radius 3 is 2.31 bits per heavy atom. The van der Waals surface area contributed by atoms with Gasteiger partial charge in [0.1, 0.15) is 0 Å². The molecule has 1 nitrogen and oxygen atoms in total. The Morgan fingerprint density at radius 2 is 1.75 bits per heavy atom. The van der Waals surface area contributed by atoms with Gasteiger partial charge in [-0.1, -0.05) is 18.2 Å². The highest BCUT2D eigenvalue weighted by Crippen LogP contribution is 2.24. The number of aryl methyl sites for hydroxylation is 2. The van der Waals surface area contributed by atoms with Crippen molar-refractivity contribution in [1.29, 1.82) is 0 Å². The van der Waals surface area contributed by atoms with Crippen molar-refractivity contribution in [2.75, 3.05) is 11.9 Å². The van der Waals surface area contributed by atoms with Crippen LogP contribution in [0.3, 0.4) is 0 Å². The zero-order valence-corrected chi connectivity index (χ0v) is 10.3. The summed E-state index contributed by atoms with van der Waals surface area (Å²) < 4.78 is 0. The van der Waals surface area contributed by atoms with Gasteiger partial charge in [0.15, 0.2) is 0 Å². The van der Waals surface area contributed by atoms with E-state index in [-0.39, 0.29) is 0 Å². The number of anilines is 1. The van der Waals surface area contributed by atoms with Crippen LogP contribution in [0.5, 0.6) is 0 Å². The quantitative estimate of drug-likeness (QED) is 0.718. The first kappa shape index (κ1) is 11.0. The fourth-order valence-electron chi connectivity index (χ4n) is 2.18. The first-order chi connectivity index (χ1) is 7.66. The van der Waals surface area contributed by atoms with E-state index in [2.05, 4.69) is 62.2 Å². The van der Waals surface area contributed by atoms with Crippen LogP contribution in [-0.4, -0.2) is 7.05 Å². The number of rotatable bonds is 2. The van der Waals surface area contributed by atoms with Crippen molar-refractivity contribution in [3.63, 3.8) is 0 Å². The molecule has 1 aliphatic carbocycles. The van der Waals surface area contributed by atoms with Crippen LogP contribution in [0.4, 0.5) is 5.69 Å². The summed E-state index contributed by atoms with van der Waals surface area (Å²) in [4.78, 5) is 2.30. The van der Waals surface area contributed by atoms with Crippen molar-refractivity contribution in [3.8, 4) is 0 Å². The van der Waals surface area contributed by atoms with Gasteiger partial charge >= 0.3 is 0 Å². The fourth-order valence-corrected chi connectivity index (χ4v) is 2.18. The second-order valence-corrected chi connectivity index (χ2v) is 4.53. The molecule has 1 aliphatic rings. The minimum Gasteiger partial charge on any atom is -0.348 e. The molecule has 0 bridgehead atoms. The van der Waals surface area contributed by atoms with Gasteiger partial charge in [-0.2, -0.15) is 0 Å². The average molecular weight is 213 g/mol. The van der Waals surface area contributed by atoms with E-state index in [1.807, 2.05) is 0 Å². The van der Waals surface area contributed by atoms with Crippen LogP contribution in [0.15, 0.2) is 42.1 Å². The summed E-state index contributed by atoms with van der Waals surface area (Å²) in [6.45, 7) is 4.30. The van der Waals surface area contributed by atoms with E-state index in [4.69, 9.17) is 0 Å². The van der Waals surface area contributed by atoms with Gasteiger partial charge < -0.3 is 4.90 Å². The summed E-state index contributed by atoms with van der Waals surface area (Å²) >= 11 is 0. The number of hydrogen-bond acceptors (Lipinski definition) is 1. The molecule has 1 heteroatoms. The maximum Gasteiger partial charge on any atom is 0.0410 e. The van der Waals surface area contributed by atoms with E-state index in [0.29, 0.717) is 0 Å². The lowest BCUT2D eigenvalue weighted by Crippen LogP contribution is -2.17. The Morgan fingerprint density at radius 1 is 1.06 bits per heavy atom. The van der Waals surface area contributed by atoms with Crippen LogP contribution in [-0.2, 0) is 0 Å². The smallest absolute Gasteiger partial charge is 0.0410 e. The highest BCUT2D eigenvalue weighted by molar-refractivity contribution is 5.55. The number of nitrogens with zero attached hydrogens (tertiary/aromatic N) is 1. The molecule has 0 unspecified atom stereocenters. The summed E-state index contributed by atoms with van der Waals surface area (Å²) in [6.07, 6.45) is 8.87. The summed E-state index contributed by atoms with van der Waals surface area (Å²) in [5, 5.41) is 0. The second-order valence-electron chi connectivity index (χ2n) is 4.53. The Kier molecular flexibility index (Phi) is 3.14. The van der Waals surface area contributed by atoms with E-state index in [0.717, 1.165) is 12.8 Å². The lowest BCUT2D eigenvalue weighted by atomic mass is 10.1. The first-order valence-electron chi connectivity index (χ1n) is 5.84. The molecule has 0 atom stereocenters. The van der Waals surface area contributed by atoms with Crippen LogP contribution in [0.2, 0.25) is 0 Å². The molecule has 1 aromatic rings. The van der Waals surface area contributed by atoms with Crippen molar-refractivity contribution in [2.24, 2.45) is 0 Å². The van der Waals surface area contributed by atoms with Crippen molar-refractivity contribution in [3.05, 3.63) is 53.3 Å².